The smallest absolute Gasteiger partial charge is 0.411 e. The van der Waals surface area contributed by atoms with E-state index >= 15 is 0 Å². The lowest BCUT2D eigenvalue weighted by Gasteiger charge is -2.27. The SMILES string of the molecule is CC(C)(C)OC(=O)N1CCSC1C(=O)NC(c1ccccc1)[N+](=O)[O-]. The van der Waals surface area contributed by atoms with Crippen LogP contribution in [0.1, 0.15) is 32.5 Å². The van der Waals surface area contributed by atoms with Gasteiger partial charge in [-0.05, 0) is 20.8 Å². The maximum Gasteiger partial charge on any atom is 0.411 e. The highest BCUT2D eigenvalue weighted by Crippen LogP contribution is 2.27. The number of ether oxygens (including phenoxy) is 1. The van der Waals surface area contributed by atoms with Crippen LogP contribution in [-0.2, 0) is 9.53 Å². The molecule has 2 unspecified atom stereocenters. The lowest BCUT2D eigenvalue weighted by molar-refractivity contribution is -0.533. The molecular weight excluding hydrogens is 346 g/mol. The third-order valence-electron chi connectivity index (χ3n) is 3.35. The van der Waals surface area contributed by atoms with Crippen LogP contribution < -0.4 is 5.32 Å². The predicted octanol–water partition coefficient (Wildman–Crippen LogP) is 2.39. The number of nitrogens with one attached hydrogen (secondary N) is 1. The molecule has 1 aliphatic rings. The molecule has 0 radical (unpaired) electrons. The minimum Gasteiger partial charge on any atom is -0.444 e. The Bertz CT molecular complexity index is 647. The van der Waals surface area contributed by atoms with E-state index in [1.807, 2.05) is 0 Å². The number of amides is 2. The van der Waals surface area contributed by atoms with Crippen molar-refractivity contribution in [3.05, 3.63) is 46.0 Å². The van der Waals surface area contributed by atoms with E-state index in [1.165, 1.54) is 16.7 Å². The fourth-order valence-corrected chi connectivity index (χ4v) is 3.41. The fraction of sp³-hybridized carbons (Fsp3) is 0.500. The normalized spacial score (nSPS) is 18.5. The van der Waals surface area contributed by atoms with Gasteiger partial charge in [0.15, 0.2) is 5.37 Å². The molecule has 1 saturated heterocycles. The van der Waals surface area contributed by atoms with Crippen molar-refractivity contribution in [2.24, 2.45) is 0 Å². The number of rotatable bonds is 4. The molecule has 0 aliphatic carbocycles. The minimum atomic E-state index is -1.37. The summed E-state index contributed by atoms with van der Waals surface area (Å²) in [4.78, 5) is 36.8. The Morgan fingerprint density at radius 2 is 2.00 bits per heavy atom. The molecule has 1 N–H and O–H groups in total. The van der Waals surface area contributed by atoms with Crippen LogP contribution in [-0.4, -0.2) is 45.1 Å². The molecule has 1 aromatic rings. The van der Waals surface area contributed by atoms with Crippen LogP contribution in [0.4, 0.5) is 4.79 Å². The maximum absolute atomic E-state index is 12.5. The number of carbonyl (C=O) groups is 2. The average Bonchev–Trinajstić information content (AvgIpc) is 3.01. The summed E-state index contributed by atoms with van der Waals surface area (Å²) in [7, 11) is 0. The van der Waals surface area contributed by atoms with E-state index in [0.29, 0.717) is 17.9 Å². The summed E-state index contributed by atoms with van der Waals surface area (Å²) in [6, 6.07) is 8.20. The summed E-state index contributed by atoms with van der Waals surface area (Å²) >= 11 is 1.25. The van der Waals surface area contributed by atoms with Gasteiger partial charge in [-0.1, -0.05) is 30.3 Å². The van der Waals surface area contributed by atoms with Crippen molar-refractivity contribution in [2.75, 3.05) is 12.3 Å². The van der Waals surface area contributed by atoms with E-state index < -0.39 is 34.1 Å². The number of nitrogens with zero attached hydrogens (tertiary/aromatic N) is 2. The van der Waals surface area contributed by atoms with Crippen molar-refractivity contribution < 1.29 is 19.2 Å². The Balaban J connectivity index is 2.10. The zero-order chi connectivity index (χ0) is 18.6. The van der Waals surface area contributed by atoms with Gasteiger partial charge in [-0.15, -0.1) is 11.8 Å². The molecule has 1 aliphatic heterocycles. The molecule has 2 atom stereocenters. The number of hydrogen-bond acceptors (Lipinski definition) is 6. The Kier molecular flexibility index (Phi) is 5.89. The zero-order valence-electron chi connectivity index (χ0n) is 14.3. The summed E-state index contributed by atoms with van der Waals surface area (Å²) in [5.41, 5.74) is -0.314. The van der Waals surface area contributed by atoms with Crippen LogP contribution in [0.15, 0.2) is 30.3 Å². The lowest BCUT2D eigenvalue weighted by Crippen LogP contribution is -2.48. The standard InChI is InChI=1S/C16H21N3O5S/c1-16(2,3)24-15(21)18-9-10-25-14(18)13(20)17-12(19(22)23)11-7-5-4-6-8-11/h4-8,12,14H,9-10H2,1-3H3,(H,17,20). The highest BCUT2D eigenvalue weighted by atomic mass is 32.2. The molecular formula is C16H21N3O5S. The van der Waals surface area contributed by atoms with Crippen LogP contribution in [0.25, 0.3) is 0 Å². The second-order valence-electron chi connectivity index (χ2n) is 6.50. The van der Waals surface area contributed by atoms with Crippen molar-refractivity contribution in [1.29, 1.82) is 0 Å². The highest BCUT2D eigenvalue weighted by molar-refractivity contribution is 8.00. The van der Waals surface area contributed by atoms with Gasteiger partial charge in [0.2, 0.25) is 0 Å². The molecule has 0 saturated carbocycles. The summed E-state index contributed by atoms with van der Waals surface area (Å²) in [6.45, 7) is 5.57. The molecule has 0 bridgehead atoms. The van der Waals surface area contributed by atoms with Gasteiger partial charge in [-0.25, -0.2) is 4.79 Å². The van der Waals surface area contributed by atoms with Crippen molar-refractivity contribution in [1.82, 2.24) is 10.2 Å². The van der Waals surface area contributed by atoms with Gasteiger partial charge < -0.3 is 4.74 Å². The van der Waals surface area contributed by atoms with Gasteiger partial charge in [-0.2, -0.15) is 0 Å². The Hall–Kier alpha value is -2.29. The number of nitro groups is 1. The first-order chi connectivity index (χ1) is 11.7. The van der Waals surface area contributed by atoms with E-state index in [0.717, 1.165) is 0 Å². The van der Waals surface area contributed by atoms with Crippen LogP contribution in [0.2, 0.25) is 0 Å². The molecule has 1 heterocycles. The molecule has 25 heavy (non-hydrogen) atoms. The average molecular weight is 367 g/mol. The number of carbonyl (C=O) groups excluding carboxylic acids is 2. The number of hydrogen-bond donors (Lipinski definition) is 1. The van der Waals surface area contributed by atoms with Crippen molar-refractivity contribution >= 4 is 23.8 Å². The first-order valence-corrected chi connectivity index (χ1v) is 8.84. The molecule has 8 nitrogen and oxygen atoms in total. The van der Waals surface area contributed by atoms with Crippen molar-refractivity contribution in [3.63, 3.8) is 0 Å². The zero-order valence-corrected chi connectivity index (χ0v) is 15.1. The summed E-state index contributed by atoms with van der Waals surface area (Å²) in [6.07, 6.45) is -1.97. The van der Waals surface area contributed by atoms with Gasteiger partial charge >= 0.3 is 12.3 Å². The second kappa shape index (κ2) is 7.73. The molecule has 1 aromatic carbocycles. The predicted molar refractivity (Wildman–Crippen MR) is 93.5 cm³/mol. The van der Waals surface area contributed by atoms with Gasteiger partial charge in [-0.3, -0.25) is 25.1 Å². The third-order valence-corrected chi connectivity index (χ3v) is 4.55. The minimum absolute atomic E-state index is 0.353. The Morgan fingerprint density at radius 1 is 1.36 bits per heavy atom. The van der Waals surface area contributed by atoms with Crippen LogP contribution in [0.5, 0.6) is 0 Å². The third kappa shape index (κ3) is 5.09. The highest BCUT2D eigenvalue weighted by Gasteiger charge is 2.39. The van der Waals surface area contributed by atoms with E-state index in [1.54, 1.807) is 51.1 Å². The summed E-state index contributed by atoms with van der Waals surface area (Å²) < 4.78 is 5.30. The van der Waals surface area contributed by atoms with E-state index in [2.05, 4.69) is 5.32 Å². The summed E-state index contributed by atoms with van der Waals surface area (Å²) in [5, 5.41) is 12.9. The second-order valence-corrected chi connectivity index (χ2v) is 7.69. The Labute approximate surface area is 150 Å². The largest absolute Gasteiger partial charge is 0.444 e. The van der Waals surface area contributed by atoms with E-state index in [4.69, 9.17) is 4.74 Å². The topological polar surface area (TPSA) is 102 Å². The molecule has 1 fully saturated rings. The van der Waals surface area contributed by atoms with Crippen LogP contribution in [0.3, 0.4) is 0 Å². The van der Waals surface area contributed by atoms with Gasteiger partial charge in [0.25, 0.3) is 5.91 Å². The Morgan fingerprint density at radius 3 is 2.56 bits per heavy atom. The quantitative estimate of drug-likeness (QED) is 0.498. The molecule has 9 heteroatoms. The van der Waals surface area contributed by atoms with Crippen molar-refractivity contribution in [3.8, 4) is 0 Å². The molecule has 2 amide bonds. The molecule has 0 aromatic heterocycles. The number of benzene rings is 1. The summed E-state index contributed by atoms with van der Waals surface area (Å²) in [5.74, 6) is -0.0230. The van der Waals surface area contributed by atoms with Gasteiger partial charge in [0.05, 0.1) is 4.92 Å². The van der Waals surface area contributed by atoms with Crippen molar-refractivity contribution in [2.45, 2.75) is 37.9 Å². The van der Waals surface area contributed by atoms with Gasteiger partial charge in [0, 0.05) is 17.9 Å². The maximum atomic E-state index is 12.5. The van der Waals surface area contributed by atoms with Gasteiger partial charge in [0.1, 0.15) is 5.60 Å². The van der Waals surface area contributed by atoms with Crippen LogP contribution >= 0.6 is 11.8 Å². The number of thioether (sulfide) groups is 1. The molecule has 2 rings (SSSR count). The van der Waals surface area contributed by atoms with E-state index in [9.17, 15) is 19.7 Å². The molecule has 136 valence electrons. The molecule has 0 spiro atoms. The monoisotopic (exact) mass is 367 g/mol. The fourth-order valence-electron chi connectivity index (χ4n) is 2.29. The van der Waals surface area contributed by atoms with E-state index in [-0.39, 0.29) is 0 Å². The lowest BCUT2D eigenvalue weighted by atomic mass is 10.2. The first-order valence-electron chi connectivity index (χ1n) is 7.79. The first kappa shape index (κ1) is 19.0. The van der Waals surface area contributed by atoms with Crippen LogP contribution in [0, 0.1) is 10.1 Å².